The van der Waals surface area contributed by atoms with Gasteiger partial charge in [-0.2, -0.15) is 0 Å². The number of aromatic hydroxyl groups is 1. The third-order valence-corrected chi connectivity index (χ3v) is 2.81. The minimum absolute atomic E-state index is 0.0152. The number of methoxy groups -OCH3 is 1. The van der Waals surface area contributed by atoms with E-state index in [0.29, 0.717) is 6.42 Å². The SMILES string of the molecule is CCC(CNC(=O)c1cccc(OC)c1O)C(=O)O. The number of hydrogen-bond donors (Lipinski definition) is 3. The summed E-state index contributed by atoms with van der Waals surface area (Å²) in [7, 11) is 1.38. The molecule has 3 N–H and O–H groups in total. The Balaban J connectivity index is 2.76. The second-order valence-corrected chi connectivity index (χ2v) is 4.01. The normalized spacial score (nSPS) is 11.7. The fraction of sp³-hybridized carbons (Fsp3) is 0.385. The predicted molar refractivity (Wildman–Crippen MR) is 68.4 cm³/mol. The van der Waals surface area contributed by atoms with Crippen LogP contribution in [-0.4, -0.2) is 35.7 Å². The highest BCUT2D eigenvalue weighted by molar-refractivity contribution is 5.97. The molecule has 0 aliphatic rings. The fourth-order valence-electron chi connectivity index (χ4n) is 1.59. The van der Waals surface area contributed by atoms with E-state index in [9.17, 15) is 14.7 Å². The summed E-state index contributed by atoms with van der Waals surface area (Å²) in [6.45, 7) is 1.75. The maximum absolute atomic E-state index is 11.9. The number of rotatable bonds is 6. The molecular formula is C13H17NO5. The molecule has 0 aliphatic heterocycles. The van der Waals surface area contributed by atoms with Gasteiger partial charge in [0.1, 0.15) is 0 Å². The highest BCUT2D eigenvalue weighted by Crippen LogP contribution is 2.29. The van der Waals surface area contributed by atoms with E-state index in [0.717, 1.165) is 0 Å². The molecule has 1 amide bonds. The lowest BCUT2D eigenvalue weighted by molar-refractivity contribution is -0.141. The Morgan fingerprint density at radius 3 is 2.63 bits per heavy atom. The zero-order valence-corrected chi connectivity index (χ0v) is 10.8. The van der Waals surface area contributed by atoms with Gasteiger partial charge in [-0.05, 0) is 18.6 Å². The van der Waals surface area contributed by atoms with E-state index in [1.807, 2.05) is 0 Å². The molecule has 1 rings (SSSR count). The van der Waals surface area contributed by atoms with Crippen molar-refractivity contribution >= 4 is 11.9 Å². The van der Waals surface area contributed by atoms with Gasteiger partial charge in [-0.1, -0.05) is 13.0 Å². The number of carboxylic acids is 1. The summed E-state index contributed by atoms with van der Waals surface area (Å²) in [5.41, 5.74) is 0.0552. The molecule has 19 heavy (non-hydrogen) atoms. The Hall–Kier alpha value is -2.24. The molecule has 0 saturated heterocycles. The van der Waals surface area contributed by atoms with E-state index >= 15 is 0 Å². The Morgan fingerprint density at radius 1 is 1.42 bits per heavy atom. The molecule has 0 aliphatic carbocycles. The number of carbonyl (C=O) groups is 2. The van der Waals surface area contributed by atoms with Crippen molar-refractivity contribution in [1.82, 2.24) is 5.32 Å². The highest BCUT2D eigenvalue weighted by Gasteiger charge is 2.19. The smallest absolute Gasteiger partial charge is 0.308 e. The van der Waals surface area contributed by atoms with Gasteiger partial charge in [-0.3, -0.25) is 9.59 Å². The first-order valence-corrected chi connectivity index (χ1v) is 5.88. The third kappa shape index (κ3) is 3.61. The van der Waals surface area contributed by atoms with Crippen LogP contribution in [0.3, 0.4) is 0 Å². The van der Waals surface area contributed by atoms with Gasteiger partial charge in [-0.25, -0.2) is 0 Å². The summed E-state index contributed by atoms with van der Waals surface area (Å²) in [4.78, 5) is 22.7. The van der Waals surface area contributed by atoms with Crippen LogP contribution >= 0.6 is 0 Å². The molecule has 0 saturated carbocycles. The molecule has 1 aromatic rings. The van der Waals surface area contributed by atoms with Crippen molar-refractivity contribution in [2.24, 2.45) is 5.92 Å². The predicted octanol–water partition coefficient (Wildman–Crippen LogP) is 1.24. The standard InChI is InChI=1S/C13H17NO5/c1-3-8(13(17)18)7-14-12(16)9-5-4-6-10(19-2)11(9)15/h4-6,8,15H,3,7H2,1-2H3,(H,14,16)(H,17,18). The second kappa shape index (κ2) is 6.63. The Labute approximate surface area is 111 Å². The zero-order valence-electron chi connectivity index (χ0n) is 10.8. The Kier molecular flexibility index (Phi) is 5.17. The topological polar surface area (TPSA) is 95.9 Å². The quantitative estimate of drug-likeness (QED) is 0.720. The van der Waals surface area contributed by atoms with Gasteiger partial charge in [0.2, 0.25) is 0 Å². The van der Waals surface area contributed by atoms with Crippen LogP contribution in [0, 0.1) is 5.92 Å². The van der Waals surface area contributed by atoms with Crippen molar-refractivity contribution in [3.63, 3.8) is 0 Å². The average Bonchev–Trinajstić information content (AvgIpc) is 2.39. The van der Waals surface area contributed by atoms with E-state index < -0.39 is 17.8 Å². The van der Waals surface area contributed by atoms with Crippen molar-refractivity contribution in [3.05, 3.63) is 23.8 Å². The van der Waals surface area contributed by atoms with Crippen LogP contribution in [0.5, 0.6) is 11.5 Å². The number of amides is 1. The van der Waals surface area contributed by atoms with Crippen LogP contribution in [-0.2, 0) is 4.79 Å². The number of ether oxygens (including phenoxy) is 1. The monoisotopic (exact) mass is 267 g/mol. The first kappa shape index (κ1) is 14.8. The molecule has 0 aromatic heterocycles. The van der Waals surface area contributed by atoms with Gasteiger partial charge < -0.3 is 20.3 Å². The third-order valence-electron chi connectivity index (χ3n) is 2.81. The molecule has 0 radical (unpaired) electrons. The number of carboxylic acid groups (broad SMARTS) is 1. The maximum Gasteiger partial charge on any atom is 0.308 e. The summed E-state index contributed by atoms with van der Waals surface area (Å²) in [6, 6.07) is 4.54. The number of benzene rings is 1. The molecule has 1 unspecified atom stereocenters. The number of phenols is 1. The fourth-order valence-corrected chi connectivity index (χ4v) is 1.59. The number of phenolic OH excluding ortho intramolecular Hbond substituents is 1. The van der Waals surface area contributed by atoms with Crippen molar-refractivity contribution in [2.75, 3.05) is 13.7 Å². The number of nitrogens with one attached hydrogen (secondary N) is 1. The minimum atomic E-state index is -0.960. The van der Waals surface area contributed by atoms with Gasteiger partial charge in [0.05, 0.1) is 18.6 Å². The molecule has 6 nitrogen and oxygen atoms in total. The van der Waals surface area contributed by atoms with E-state index in [1.165, 1.54) is 19.2 Å². The lowest BCUT2D eigenvalue weighted by atomic mass is 10.1. The number of para-hydroxylation sites is 1. The first-order valence-electron chi connectivity index (χ1n) is 5.88. The molecule has 0 spiro atoms. The summed E-state index contributed by atoms with van der Waals surface area (Å²) in [5, 5.41) is 21.1. The average molecular weight is 267 g/mol. The number of carbonyl (C=O) groups excluding carboxylic acids is 1. The van der Waals surface area contributed by atoms with Gasteiger partial charge >= 0.3 is 5.97 Å². The Morgan fingerprint density at radius 2 is 2.11 bits per heavy atom. The summed E-state index contributed by atoms with van der Waals surface area (Å²) in [5.74, 6) is -2.20. The number of aliphatic carboxylic acids is 1. The van der Waals surface area contributed by atoms with Crippen LogP contribution in [0.4, 0.5) is 0 Å². The van der Waals surface area contributed by atoms with Crippen molar-refractivity contribution in [3.8, 4) is 11.5 Å². The van der Waals surface area contributed by atoms with E-state index in [2.05, 4.69) is 5.32 Å². The Bertz CT molecular complexity index is 472. The molecule has 1 aromatic carbocycles. The minimum Gasteiger partial charge on any atom is -0.504 e. The van der Waals surface area contributed by atoms with E-state index in [1.54, 1.807) is 13.0 Å². The maximum atomic E-state index is 11.9. The van der Waals surface area contributed by atoms with Crippen LogP contribution in [0.1, 0.15) is 23.7 Å². The largest absolute Gasteiger partial charge is 0.504 e. The molecule has 104 valence electrons. The zero-order chi connectivity index (χ0) is 14.4. The molecular weight excluding hydrogens is 250 g/mol. The second-order valence-electron chi connectivity index (χ2n) is 4.01. The van der Waals surface area contributed by atoms with Crippen molar-refractivity contribution < 1.29 is 24.5 Å². The van der Waals surface area contributed by atoms with Crippen LogP contribution in [0.2, 0.25) is 0 Å². The molecule has 1 atom stereocenters. The molecule has 0 heterocycles. The molecule has 0 bridgehead atoms. The molecule has 0 fully saturated rings. The molecule has 6 heteroatoms. The van der Waals surface area contributed by atoms with Crippen molar-refractivity contribution in [2.45, 2.75) is 13.3 Å². The summed E-state index contributed by atoms with van der Waals surface area (Å²) >= 11 is 0. The van der Waals surface area contributed by atoms with E-state index in [4.69, 9.17) is 9.84 Å². The van der Waals surface area contributed by atoms with Gasteiger partial charge in [0.15, 0.2) is 11.5 Å². The number of hydrogen-bond acceptors (Lipinski definition) is 4. The first-order chi connectivity index (χ1) is 9.01. The lowest BCUT2D eigenvalue weighted by Crippen LogP contribution is -2.32. The summed E-state index contributed by atoms with van der Waals surface area (Å²) in [6.07, 6.45) is 0.416. The van der Waals surface area contributed by atoms with Crippen molar-refractivity contribution in [1.29, 1.82) is 0 Å². The van der Waals surface area contributed by atoms with Gasteiger partial charge in [0.25, 0.3) is 5.91 Å². The van der Waals surface area contributed by atoms with Gasteiger partial charge in [0, 0.05) is 6.54 Å². The van der Waals surface area contributed by atoms with Gasteiger partial charge in [-0.15, -0.1) is 0 Å². The lowest BCUT2D eigenvalue weighted by Gasteiger charge is -2.12. The van der Waals surface area contributed by atoms with Crippen LogP contribution in [0.25, 0.3) is 0 Å². The summed E-state index contributed by atoms with van der Waals surface area (Å²) < 4.78 is 4.90. The van der Waals surface area contributed by atoms with Crippen LogP contribution in [0.15, 0.2) is 18.2 Å². The van der Waals surface area contributed by atoms with E-state index in [-0.39, 0.29) is 23.6 Å². The highest BCUT2D eigenvalue weighted by atomic mass is 16.5. The van der Waals surface area contributed by atoms with Crippen LogP contribution < -0.4 is 10.1 Å².